The number of aromatic nitrogens is 2. The highest BCUT2D eigenvalue weighted by Crippen LogP contribution is 2.20. The van der Waals surface area contributed by atoms with Gasteiger partial charge >= 0.3 is 0 Å². The topological polar surface area (TPSA) is 66.4 Å². The van der Waals surface area contributed by atoms with Crippen LogP contribution in [-0.2, 0) is 16.4 Å². The van der Waals surface area contributed by atoms with Gasteiger partial charge in [-0.05, 0) is 49.1 Å². The summed E-state index contributed by atoms with van der Waals surface area (Å²) >= 11 is 3.43. The fourth-order valence-corrected chi connectivity index (χ4v) is 4.50. The maximum atomic E-state index is 12.5. The van der Waals surface area contributed by atoms with E-state index in [0.717, 1.165) is 28.6 Å². The Morgan fingerprint density at radius 3 is 2.37 bits per heavy atom. The number of rotatable bonds is 7. The Bertz CT molecular complexity index is 849. The average molecular weight is 451 g/mol. The summed E-state index contributed by atoms with van der Waals surface area (Å²) in [5, 5.41) is 1.35. The zero-order chi connectivity index (χ0) is 19.1. The van der Waals surface area contributed by atoms with Gasteiger partial charge in [-0.3, -0.25) is 0 Å². The molecule has 1 aromatic carbocycles. The number of unbranched alkanes of at least 4 members (excludes halogenated alkanes) is 1. The summed E-state index contributed by atoms with van der Waals surface area (Å²) in [6.45, 7) is 2.40. The van der Waals surface area contributed by atoms with E-state index < -0.39 is 10.0 Å². The van der Waals surface area contributed by atoms with E-state index in [1.807, 2.05) is 24.3 Å². The van der Waals surface area contributed by atoms with E-state index in [1.54, 1.807) is 22.8 Å². The molecule has 0 spiro atoms. The van der Waals surface area contributed by atoms with Crippen molar-refractivity contribution >= 4 is 31.6 Å². The normalized spacial score (nSPS) is 16.1. The van der Waals surface area contributed by atoms with Gasteiger partial charge in [0.2, 0.25) is 10.0 Å². The first kappa shape index (κ1) is 20.0. The summed E-state index contributed by atoms with van der Waals surface area (Å²) in [5.41, 5.74) is 2.19. The SMILES string of the molecule is O=S(=O)(C=CCCCc1cncnc1)N1CCN(c2ccc(Br)cc2)CC1. The fourth-order valence-electron chi connectivity index (χ4n) is 3.01. The number of hydrogen-bond donors (Lipinski definition) is 0. The van der Waals surface area contributed by atoms with Crippen molar-refractivity contribution in [3.05, 3.63) is 64.5 Å². The summed E-state index contributed by atoms with van der Waals surface area (Å²) < 4.78 is 27.6. The molecule has 0 N–H and O–H groups in total. The summed E-state index contributed by atoms with van der Waals surface area (Å²) in [5.74, 6) is 0. The predicted molar refractivity (Wildman–Crippen MR) is 111 cm³/mol. The number of sulfonamides is 1. The molecule has 1 fully saturated rings. The quantitative estimate of drug-likeness (QED) is 0.605. The molecule has 27 heavy (non-hydrogen) atoms. The molecule has 0 atom stereocenters. The van der Waals surface area contributed by atoms with Crippen LogP contribution in [0.1, 0.15) is 18.4 Å². The molecule has 8 heteroatoms. The monoisotopic (exact) mass is 450 g/mol. The third kappa shape index (κ3) is 5.85. The molecule has 6 nitrogen and oxygen atoms in total. The van der Waals surface area contributed by atoms with Gasteiger partial charge in [-0.25, -0.2) is 18.4 Å². The first-order valence-corrected chi connectivity index (χ1v) is 11.3. The maximum absolute atomic E-state index is 12.5. The van der Waals surface area contributed by atoms with E-state index in [9.17, 15) is 8.42 Å². The van der Waals surface area contributed by atoms with Gasteiger partial charge in [0.05, 0.1) is 0 Å². The van der Waals surface area contributed by atoms with E-state index in [0.29, 0.717) is 32.6 Å². The lowest BCUT2D eigenvalue weighted by molar-refractivity contribution is 0.390. The highest BCUT2D eigenvalue weighted by atomic mass is 79.9. The van der Waals surface area contributed by atoms with Crippen LogP contribution in [0.25, 0.3) is 0 Å². The predicted octanol–water partition coefficient (Wildman–Crippen LogP) is 3.23. The number of benzene rings is 1. The smallest absolute Gasteiger partial charge is 0.236 e. The molecule has 0 bridgehead atoms. The van der Waals surface area contributed by atoms with Crippen molar-refractivity contribution in [2.45, 2.75) is 19.3 Å². The van der Waals surface area contributed by atoms with Crippen LogP contribution in [0.3, 0.4) is 0 Å². The molecule has 0 saturated carbocycles. The second kappa shape index (κ2) is 9.43. The van der Waals surface area contributed by atoms with Crippen molar-refractivity contribution < 1.29 is 8.42 Å². The second-order valence-electron chi connectivity index (χ2n) is 6.42. The molecule has 0 radical (unpaired) electrons. The first-order chi connectivity index (χ1) is 13.0. The Hall–Kier alpha value is -1.77. The van der Waals surface area contributed by atoms with E-state index in [1.165, 1.54) is 11.7 Å². The van der Waals surface area contributed by atoms with Gasteiger partial charge in [0.1, 0.15) is 6.33 Å². The second-order valence-corrected chi connectivity index (χ2v) is 9.15. The molecular formula is C19H23BrN4O2S. The maximum Gasteiger partial charge on any atom is 0.236 e. The zero-order valence-corrected chi connectivity index (χ0v) is 17.4. The summed E-state index contributed by atoms with van der Waals surface area (Å²) in [6, 6.07) is 8.10. The van der Waals surface area contributed by atoms with Gasteiger partial charge in [-0.2, -0.15) is 4.31 Å². The third-order valence-electron chi connectivity index (χ3n) is 4.51. The van der Waals surface area contributed by atoms with Crippen LogP contribution in [0.5, 0.6) is 0 Å². The van der Waals surface area contributed by atoms with Crippen LogP contribution < -0.4 is 4.90 Å². The van der Waals surface area contributed by atoms with Gasteiger partial charge in [0, 0.05) is 54.1 Å². The highest BCUT2D eigenvalue weighted by molar-refractivity contribution is 9.10. The number of nitrogens with zero attached hydrogens (tertiary/aromatic N) is 4. The molecule has 1 aliphatic heterocycles. The highest BCUT2D eigenvalue weighted by Gasteiger charge is 2.24. The van der Waals surface area contributed by atoms with Crippen molar-refractivity contribution in [3.63, 3.8) is 0 Å². The molecule has 144 valence electrons. The van der Waals surface area contributed by atoms with E-state index >= 15 is 0 Å². The third-order valence-corrected chi connectivity index (χ3v) is 6.66. The Kier molecular flexibility index (Phi) is 6.98. The molecule has 1 aliphatic rings. The summed E-state index contributed by atoms with van der Waals surface area (Å²) in [7, 11) is -3.35. The van der Waals surface area contributed by atoms with Crippen molar-refractivity contribution in [1.29, 1.82) is 0 Å². The standard InChI is InChI=1S/C19H23BrN4O2S/c20-18-5-7-19(8-6-18)23-9-11-24(12-10-23)27(25,26)13-3-1-2-4-17-14-21-16-22-15-17/h3,5-8,13-16H,1-2,4,9-12H2. The lowest BCUT2D eigenvalue weighted by Gasteiger charge is -2.34. The van der Waals surface area contributed by atoms with Gasteiger partial charge in [-0.15, -0.1) is 0 Å². The van der Waals surface area contributed by atoms with Crippen LogP contribution in [0.2, 0.25) is 0 Å². The number of halogens is 1. The molecular weight excluding hydrogens is 428 g/mol. The van der Waals surface area contributed by atoms with Crippen molar-refractivity contribution in [3.8, 4) is 0 Å². The lowest BCUT2D eigenvalue weighted by Crippen LogP contribution is -2.48. The van der Waals surface area contributed by atoms with Crippen LogP contribution in [-0.4, -0.2) is 48.9 Å². The molecule has 1 aromatic heterocycles. The zero-order valence-electron chi connectivity index (χ0n) is 15.0. The van der Waals surface area contributed by atoms with Crippen LogP contribution in [0.4, 0.5) is 5.69 Å². The van der Waals surface area contributed by atoms with Crippen LogP contribution in [0, 0.1) is 0 Å². The van der Waals surface area contributed by atoms with Crippen LogP contribution >= 0.6 is 15.9 Å². The van der Waals surface area contributed by atoms with Crippen molar-refractivity contribution in [1.82, 2.24) is 14.3 Å². The summed E-state index contributed by atoms with van der Waals surface area (Å²) in [6.07, 6.45) is 9.27. The fraction of sp³-hybridized carbons (Fsp3) is 0.368. The lowest BCUT2D eigenvalue weighted by atomic mass is 10.1. The first-order valence-electron chi connectivity index (χ1n) is 8.96. The van der Waals surface area contributed by atoms with E-state index in [2.05, 4.69) is 30.8 Å². The Morgan fingerprint density at radius 2 is 1.70 bits per heavy atom. The van der Waals surface area contributed by atoms with Crippen molar-refractivity contribution in [2.75, 3.05) is 31.1 Å². The molecule has 1 saturated heterocycles. The van der Waals surface area contributed by atoms with E-state index in [-0.39, 0.29) is 0 Å². The van der Waals surface area contributed by atoms with Crippen molar-refractivity contribution in [2.24, 2.45) is 0 Å². The number of allylic oxidation sites excluding steroid dienone is 1. The minimum Gasteiger partial charge on any atom is -0.369 e. The van der Waals surface area contributed by atoms with Gasteiger partial charge in [-0.1, -0.05) is 22.0 Å². The molecule has 0 amide bonds. The number of piperazine rings is 1. The largest absolute Gasteiger partial charge is 0.369 e. The summed E-state index contributed by atoms with van der Waals surface area (Å²) in [4.78, 5) is 10.2. The van der Waals surface area contributed by atoms with Gasteiger partial charge in [0.25, 0.3) is 0 Å². The van der Waals surface area contributed by atoms with E-state index in [4.69, 9.17) is 0 Å². The minimum atomic E-state index is -3.35. The molecule has 2 heterocycles. The number of anilines is 1. The molecule has 2 aromatic rings. The number of hydrogen-bond acceptors (Lipinski definition) is 5. The molecule has 0 unspecified atom stereocenters. The average Bonchev–Trinajstić information content (AvgIpc) is 2.69. The minimum absolute atomic E-state index is 0.504. The Balaban J connectivity index is 1.45. The number of aryl methyl sites for hydroxylation is 1. The van der Waals surface area contributed by atoms with Gasteiger partial charge < -0.3 is 4.90 Å². The Labute approximate surface area is 169 Å². The Morgan fingerprint density at radius 1 is 1.04 bits per heavy atom. The van der Waals surface area contributed by atoms with Gasteiger partial charge in [0.15, 0.2) is 0 Å². The molecule has 3 rings (SSSR count). The van der Waals surface area contributed by atoms with Crippen LogP contribution in [0.15, 0.2) is 58.9 Å². The molecule has 0 aliphatic carbocycles.